The molecule has 1 rings (SSSR count). The lowest BCUT2D eigenvalue weighted by atomic mass is 9.94. The summed E-state index contributed by atoms with van der Waals surface area (Å²) in [5, 5.41) is 2.85. The molecule has 14 heavy (non-hydrogen) atoms. The van der Waals surface area contributed by atoms with Crippen LogP contribution < -0.4 is 5.32 Å². The first-order valence-electron chi connectivity index (χ1n) is 4.96. The molecule has 1 aliphatic heterocycles. The number of hydrogen-bond donors (Lipinski definition) is 1. The first-order valence-corrected chi connectivity index (χ1v) is 4.96. The van der Waals surface area contributed by atoms with Crippen molar-refractivity contribution in [3.05, 3.63) is 0 Å². The van der Waals surface area contributed by atoms with Gasteiger partial charge in [-0.25, -0.2) is 4.79 Å². The van der Waals surface area contributed by atoms with Crippen LogP contribution in [-0.4, -0.2) is 30.4 Å². The Morgan fingerprint density at radius 1 is 1.50 bits per heavy atom. The molecule has 1 heterocycles. The summed E-state index contributed by atoms with van der Waals surface area (Å²) in [4.78, 5) is 11.4. The van der Waals surface area contributed by atoms with Gasteiger partial charge < -0.3 is 14.8 Å². The molecular formula is C10H19NO3. The van der Waals surface area contributed by atoms with Gasteiger partial charge in [-0.2, -0.15) is 0 Å². The van der Waals surface area contributed by atoms with E-state index in [2.05, 4.69) is 5.32 Å². The molecule has 1 fully saturated rings. The van der Waals surface area contributed by atoms with Crippen LogP contribution in [0.2, 0.25) is 0 Å². The Labute approximate surface area is 85.0 Å². The van der Waals surface area contributed by atoms with Crippen LogP contribution in [0.3, 0.4) is 0 Å². The summed E-state index contributed by atoms with van der Waals surface area (Å²) in [5.41, 5.74) is -0.633. The van der Waals surface area contributed by atoms with Crippen LogP contribution in [0.1, 0.15) is 34.1 Å². The molecule has 0 atom stereocenters. The average molecular weight is 201 g/mol. The molecule has 4 nitrogen and oxygen atoms in total. The van der Waals surface area contributed by atoms with Gasteiger partial charge in [0.2, 0.25) is 0 Å². The average Bonchev–Trinajstić information content (AvgIpc) is 1.93. The lowest BCUT2D eigenvalue weighted by Crippen LogP contribution is -2.62. The Bertz CT molecular complexity index is 210. The molecule has 0 aromatic heterocycles. The Hall–Kier alpha value is -0.770. The normalized spacial score (nSPS) is 19.7. The molecule has 0 saturated carbocycles. The lowest BCUT2D eigenvalue weighted by molar-refractivity contribution is -0.0772. The molecule has 0 spiro atoms. The van der Waals surface area contributed by atoms with Crippen LogP contribution in [0, 0.1) is 0 Å². The van der Waals surface area contributed by atoms with Crippen LogP contribution in [-0.2, 0) is 9.47 Å². The maximum atomic E-state index is 11.4. The largest absolute Gasteiger partial charge is 0.444 e. The first-order chi connectivity index (χ1) is 6.37. The highest BCUT2D eigenvalue weighted by molar-refractivity contribution is 5.69. The second kappa shape index (κ2) is 3.77. The molecule has 0 bridgehead atoms. The minimum absolute atomic E-state index is 0.192. The summed E-state index contributed by atoms with van der Waals surface area (Å²) in [5.74, 6) is 0. The van der Waals surface area contributed by atoms with Crippen LogP contribution in [0.25, 0.3) is 0 Å². The van der Waals surface area contributed by atoms with Crippen molar-refractivity contribution in [2.75, 3.05) is 13.2 Å². The molecule has 0 radical (unpaired) electrons. The zero-order chi connectivity index (χ0) is 10.8. The second-order valence-electron chi connectivity index (χ2n) is 4.75. The molecule has 0 aromatic carbocycles. The van der Waals surface area contributed by atoms with E-state index in [4.69, 9.17) is 9.47 Å². The number of carbonyl (C=O) groups excluding carboxylic acids is 1. The highest BCUT2D eigenvalue weighted by atomic mass is 16.6. The van der Waals surface area contributed by atoms with Crippen molar-refractivity contribution in [1.29, 1.82) is 0 Å². The van der Waals surface area contributed by atoms with Crippen molar-refractivity contribution < 1.29 is 14.3 Å². The first kappa shape index (κ1) is 11.3. The summed E-state index contributed by atoms with van der Waals surface area (Å²) < 4.78 is 10.3. The van der Waals surface area contributed by atoms with Crippen molar-refractivity contribution in [2.45, 2.75) is 45.3 Å². The van der Waals surface area contributed by atoms with E-state index in [9.17, 15) is 4.79 Å². The third-order valence-corrected chi connectivity index (χ3v) is 2.20. The number of ether oxygens (including phenoxy) is 2. The third kappa shape index (κ3) is 2.87. The Balaban J connectivity index is 2.40. The number of carbonyl (C=O) groups is 1. The van der Waals surface area contributed by atoms with E-state index in [1.165, 1.54) is 0 Å². The van der Waals surface area contributed by atoms with Gasteiger partial charge in [0.25, 0.3) is 0 Å². The molecule has 0 aromatic rings. The van der Waals surface area contributed by atoms with Gasteiger partial charge in [0.15, 0.2) is 0 Å². The van der Waals surface area contributed by atoms with Crippen molar-refractivity contribution >= 4 is 6.09 Å². The quantitative estimate of drug-likeness (QED) is 0.739. The van der Waals surface area contributed by atoms with Crippen LogP contribution in [0.5, 0.6) is 0 Å². The monoisotopic (exact) mass is 201 g/mol. The van der Waals surface area contributed by atoms with Gasteiger partial charge in [0.1, 0.15) is 5.60 Å². The van der Waals surface area contributed by atoms with E-state index in [1.54, 1.807) is 0 Å². The summed E-state index contributed by atoms with van der Waals surface area (Å²) >= 11 is 0. The molecule has 0 aliphatic carbocycles. The summed E-state index contributed by atoms with van der Waals surface area (Å²) in [6, 6.07) is 0. The fraction of sp³-hybridized carbons (Fsp3) is 0.900. The van der Waals surface area contributed by atoms with Gasteiger partial charge >= 0.3 is 6.09 Å². The van der Waals surface area contributed by atoms with Crippen molar-refractivity contribution in [1.82, 2.24) is 5.32 Å². The zero-order valence-electron chi connectivity index (χ0n) is 9.35. The topological polar surface area (TPSA) is 47.6 Å². The zero-order valence-corrected chi connectivity index (χ0v) is 9.35. The molecule has 1 saturated heterocycles. The van der Waals surface area contributed by atoms with Crippen molar-refractivity contribution in [2.24, 2.45) is 0 Å². The Morgan fingerprint density at radius 2 is 2.07 bits per heavy atom. The number of alkyl carbamates (subject to hydrolysis) is 1. The molecule has 1 amide bonds. The van der Waals surface area contributed by atoms with E-state index in [0.717, 1.165) is 6.42 Å². The van der Waals surface area contributed by atoms with E-state index >= 15 is 0 Å². The van der Waals surface area contributed by atoms with Crippen molar-refractivity contribution in [3.8, 4) is 0 Å². The minimum Gasteiger partial charge on any atom is -0.444 e. The number of nitrogens with one attached hydrogen (secondary N) is 1. The van der Waals surface area contributed by atoms with Crippen LogP contribution in [0.15, 0.2) is 0 Å². The number of hydrogen-bond acceptors (Lipinski definition) is 3. The van der Waals surface area contributed by atoms with E-state index < -0.39 is 5.60 Å². The molecule has 4 heteroatoms. The molecule has 1 N–H and O–H groups in total. The molecular weight excluding hydrogens is 182 g/mol. The van der Waals surface area contributed by atoms with Gasteiger partial charge in [-0.15, -0.1) is 0 Å². The van der Waals surface area contributed by atoms with Gasteiger partial charge in [-0.1, -0.05) is 6.92 Å². The number of rotatable bonds is 2. The SMILES string of the molecule is CCC1(NC(=O)OC(C)(C)C)COC1. The van der Waals surface area contributed by atoms with E-state index in [1.807, 2.05) is 27.7 Å². The fourth-order valence-corrected chi connectivity index (χ4v) is 1.23. The predicted octanol–water partition coefficient (Wildman–Crippen LogP) is 1.69. The van der Waals surface area contributed by atoms with Crippen LogP contribution in [0.4, 0.5) is 4.79 Å². The van der Waals surface area contributed by atoms with Gasteiger partial charge in [-0.05, 0) is 27.2 Å². The maximum absolute atomic E-state index is 11.4. The lowest BCUT2D eigenvalue weighted by Gasteiger charge is -2.41. The van der Waals surface area contributed by atoms with E-state index in [0.29, 0.717) is 13.2 Å². The minimum atomic E-state index is -0.441. The van der Waals surface area contributed by atoms with Gasteiger partial charge in [0, 0.05) is 0 Å². The predicted molar refractivity (Wildman–Crippen MR) is 53.2 cm³/mol. The smallest absolute Gasteiger partial charge is 0.408 e. The van der Waals surface area contributed by atoms with Crippen LogP contribution >= 0.6 is 0 Å². The molecule has 0 unspecified atom stereocenters. The Kier molecular flexibility index (Phi) is 3.04. The van der Waals surface area contributed by atoms with Gasteiger partial charge in [0.05, 0.1) is 18.8 Å². The summed E-state index contributed by atoms with van der Waals surface area (Å²) in [6.45, 7) is 8.75. The summed E-state index contributed by atoms with van der Waals surface area (Å²) in [6.07, 6.45) is 0.509. The number of amides is 1. The highest BCUT2D eigenvalue weighted by Crippen LogP contribution is 2.21. The standard InChI is InChI=1S/C10H19NO3/c1-5-10(6-13-7-10)11-8(12)14-9(2,3)4/h5-7H2,1-4H3,(H,11,12). The second-order valence-corrected chi connectivity index (χ2v) is 4.75. The molecule has 1 aliphatic rings. The third-order valence-electron chi connectivity index (χ3n) is 2.20. The summed E-state index contributed by atoms with van der Waals surface area (Å²) in [7, 11) is 0. The highest BCUT2D eigenvalue weighted by Gasteiger charge is 2.39. The Morgan fingerprint density at radius 3 is 2.36 bits per heavy atom. The van der Waals surface area contributed by atoms with Crippen molar-refractivity contribution in [3.63, 3.8) is 0 Å². The van der Waals surface area contributed by atoms with Gasteiger partial charge in [-0.3, -0.25) is 0 Å². The fourth-order valence-electron chi connectivity index (χ4n) is 1.23. The maximum Gasteiger partial charge on any atom is 0.408 e. The molecule has 82 valence electrons. The van der Waals surface area contributed by atoms with E-state index in [-0.39, 0.29) is 11.6 Å².